The molecule has 23 heavy (non-hydrogen) atoms. The van der Waals surface area contributed by atoms with E-state index in [1.807, 2.05) is 17.5 Å². The van der Waals surface area contributed by atoms with Crippen molar-refractivity contribution in [1.29, 1.82) is 0 Å². The van der Waals surface area contributed by atoms with Crippen molar-refractivity contribution in [2.75, 3.05) is 0 Å². The largest absolute Gasteiger partial charge is 0.509 e. The lowest BCUT2D eigenvalue weighted by molar-refractivity contribution is -0.129. The monoisotopic (exact) mass is 335 g/mol. The third kappa shape index (κ3) is 4.22. The summed E-state index contributed by atoms with van der Waals surface area (Å²) in [5.41, 5.74) is 0.00421. The van der Waals surface area contributed by atoms with Crippen LogP contribution in [0.1, 0.15) is 57.2 Å². The van der Waals surface area contributed by atoms with Gasteiger partial charge >= 0.3 is 0 Å². The van der Waals surface area contributed by atoms with Crippen LogP contribution >= 0.6 is 11.3 Å². The van der Waals surface area contributed by atoms with Gasteiger partial charge in [-0.3, -0.25) is 9.59 Å². The highest BCUT2D eigenvalue weighted by Crippen LogP contribution is 2.28. The molecule has 0 aromatic carbocycles. The number of carbonyl (C=O) groups is 2. The first-order valence-electron chi connectivity index (χ1n) is 8.36. The molecule has 0 fully saturated rings. The van der Waals surface area contributed by atoms with Crippen molar-refractivity contribution < 1.29 is 14.7 Å². The van der Waals surface area contributed by atoms with Crippen LogP contribution in [0, 0.1) is 0 Å². The molecule has 1 amide bonds. The quantitative estimate of drug-likeness (QED) is 0.543. The molecule has 0 saturated carbocycles. The molecular weight excluding hydrogens is 310 g/mol. The lowest BCUT2D eigenvalue weighted by Gasteiger charge is -2.21. The van der Waals surface area contributed by atoms with Crippen molar-refractivity contribution in [3.8, 4) is 0 Å². The summed E-state index contributed by atoms with van der Waals surface area (Å²) in [6, 6.07) is 3.46. The topological polar surface area (TPSA) is 57.6 Å². The zero-order valence-corrected chi connectivity index (χ0v) is 14.7. The zero-order chi connectivity index (χ0) is 16.8. The first kappa shape index (κ1) is 17.7. The van der Waals surface area contributed by atoms with Gasteiger partial charge in [0.05, 0.1) is 12.6 Å². The normalized spacial score (nSPS) is 18.1. The number of aliphatic hydroxyl groups is 1. The van der Waals surface area contributed by atoms with Crippen molar-refractivity contribution in [3.63, 3.8) is 0 Å². The van der Waals surface area contributed by atoms with Gasteiger partial charge in [0.1, 0.15) is 11.3 Å². The lowest BCUT2D eigenvalue weighted by Crippen LogP contribution is -2.33. The summed E-state index contributed by atoms with van der Waals surface area (Å²) < 4.78 is 0. The summed E-state index contributed by atoms with van der Waals surface area (Å²) in [5, 5.41) is 12.2. The van der Waals surface area contributed by atoms with Gasteiger partial charge in [0.25, 0.3) is 5.91 Å². The molecule has 1 aromatic heterocycles. The Balaban J connectivity index is 1.95. The third-order valence-corrected chi connectivity index (χ3v) is 5.15. The van der Waals surface area contributed by atoms with E-state index in [9.17, 15) is 14.7 Å². The van der Waals surface area contributed by atoms with Crippen LogP contribution in [-0.2, 0) is 16.1 Å². The molecule has 0 radical (unpaired) electrons. The Kier molecular flexibility index (Phi) is 6.39. The fourth-order valence-corrected chi connectivity index (χ4v) is 3.54. The fraction of sp³-hybridized carbons (Fsp3) is 0.556. The van der Waals surface area contributed by atoms with Gasteiger partial charge in [0.2, 0.25) is 0 Å². The van der Waals surface area contributed by atoms with Crippen LogP contribution in [0.2, 0.25) is 0 Å². The van der Waals surface area contributed by atoms with E-state index in [0.29, 0.717) is 13.0 Å². The number of nitrogens with zero attached hydrogens (tertiary/aromatic N) is 1. The van der Waals surface area contributed by atoms with Gasteiger partial charge in [-0.05, 0) is 24.8 Å². The predicted octanol–water partition coefficient (Wildman–Crippen LogP) is 4.22. The Morgan fingerprint density at radius 2 is 2.04 bits per heavy atom. The number of Topliss-reactive ketones (excluding diaryl/α,β-unsaturated/α-hetero) is 1. The minimum Gasteiger partial charge on any atom is -0.509 e. The highest BCUT2D eigenvalue weighted by Gasteiger charge is 2.39. The summed E-state index contributed by atoms with van der Waals surface area (Å²) in [4.78, 5) is 27.5. The first-order valence-corrected chi connectivity index (χ1v) is 9.23. The predicted molar refractivity (Wildman–Crippen MR) is 92.4 cm³/mol. The van der Waals surface area contributed by atoms with Gasteiger partial charge in [0, 0.05) is 11.3 Å². The Hall–Kier alpha value is -1.62. The Labute approximate surface area is 141 Å². The molecule has 1 aromatic rings. The minimum absolute atomic E-state index is 0.00421. The lowest BCUT2D eigenvalue weighted by atomic mass is 10.0. The second-order valence-electron chi connectivity index (χ2n) is 6.04. The van der Waals surface area contributed by atoms with E-state index in [1.54, 1.807) is 23.2 Å². The van der Waals surface area contributed by atoms with Crippen LogP contribution in [-0.4, -0.2) is 27.7 Å². The first-order chi connectivity index (χ1) is 11.1. The molecule has 2 rings (SSSR count). The number of ketones is 1. The zero-order valence-electron chi connectivity index (χ0n) is 13.9. The van der Waals surface area contributed by atoms with E-state index >= 15 is 0 Å². The molecule has 5 heteroatoms. The summed E-state index contributed by atoms with van der Waals surface area (Å²) in [6.45, 7) is 4.35. The Bertz CT molecular complexity index is 577. The fourth-order valence-electron chi connectivity index (χ4n) is 2.84. The van der Waals surface area contributed by atoms with Crippen LogP contribution in [0.3, 0.4) is 0 Å². The van der Waals surface area contributed by atoms with E-state index < -0.39 is 6.04 Å². The molecule has 0 spiro atoms. The maximum absolute atomic E-state index is 12.5. The van der Waals surface area contributed by atoms with Crippen molar-refractivity contribution in [2.45, 2.75) is 65.0 Å². The molecule has 2 heterocycles. The van der Waals surface area contributed by atoms with Crippen LogP contribution in [0.4, 0.5) is 0 Å². The maximum Gasteiger partial charge on any atom is 0.261 e. The minimum atomic E-state index is -0.427. The van der Waals surface area contributed by atoms with Gasteiger partial charge in [0.15, 0.2) is 5.78 Å². The highest BCUT2D eigenvalue weighted by atomic mass is 32.1. The van der Waals surface area contributed by atoms with Crippen LogP contribution < -0.4 is 0 Å². The van der Waals surface area contributed by atoms with Crippen molar-refractivity contribution in [1.82, 2.24) is 4.90 Å². The van der Waals surface area contributed by atoms with Gasteiger partial charge in [-0.2, -0.15) is 0 Å². The second-order valence-corrected chi connectivity index (χ2v) is 7.07. The van der Waals surface area contributed by atoms with Crippen molar-refractivity contribution in [3.05, 3.63) is 33.7 Å². The van der Waals surface area contributed by atoms with E-state index in [-0.39, 0.29) is 23.0 Å². The van der Waals surface area contributed by atoms with Gasteiger partial charge in [-0.25, -0.2) is 0 Å². The smallest absolute Gasteiger partial charge is 0.261 e. The number of hydrogen-bond acceptors (Lipinski definition) is 4. The third-order valence-electron chi connectivity index (χ3n) is 4.29. The summed E-state index contributed by atoms with van der Waals surface area (Å²) in [6.07, 6.45) is 5.57. The SMILES string of the molecule is CCCCCCCC(=O)C1=C(O)C(C)N(Cc2cccs2)C1=O. The number of unbranched alkanes of at least 4 members (excludes halogenated alkanes) is 4. The molecule has 1 aliphatic rings. The highest BCUT2D eigenvalue weighted by molar-refractivity contribution is 7.09. The number of aliphatic hydroxyl groups excluding tert-OH is 1. The molecule has 4 nitrogen and oxygen atoms in total. The van der Waals surface area contributed by atoms with Crippen LogP contribution in [0.15, 0.2) is 28.8 Å². The Morgan fingerprint density at radius 1 is 1.30 bits per heavy atom. The number of carbonyl (C=O) groups excluding carboxylic acids is 2. The molecule has 0 bridgehead atoms. The van der Waals surface area contributed by atoms with E-state index in [1.165, 1.54) is 6.42 Å². The second kappa shape index (κ2) is 8.29. The molecule has 0 saturated heterocycles. The van der Waals surface area contributed by atoms with Crippen molar-refractivity contribution in [2.24, 2.45) is 0 Å². The molecular formula is C18H25NO3S. The molecule has 1 N–H and O–H groups in total. The van der Waals surface area contributed by atoms with Crippen LogP contribution in [0.5, 0.6) is 0 Å². The van der Waals surface area contributed by atoms with Crippen molar-refractivity contribution >= 4 is 23.0 Å². The molecule has 1 atom stereocenters. The molecule has 1 unspecified atom stereocenters. The standard InChI is InChI=1S/C18H25NO3S/c1-3-4-5-6-7-10-15(20)16-17(21)13(2)19(18(16)22)12-14-9-8-11-23-14/h8-9,11,13,21H,3-7,10,12H2,1-2H3. The van der Waals surface area contributed by atoms with Gasteiger partial charge in [-0.15, -0.1) is 11.3 Å². The summed E-state index contributed by atoms with van der Waals surface area (Å²) >= 11 is 1.57. The number of thiophene rings is 1. The van der Waals surface area contributed by atoms with Crippen LogP contribution in [0.25, 0.3) is 0 Å². The van der Waals surface area contributed by atoms with E-state index in [2.05, 4.69) is 6.92 Å². The van der Waals surface area contributed by atoms with E-state index in [4.69, 9.17) is 0 Å². The number of rotatable bonds is 9. The molecule has 1 aliphatic heterocycles. The average molecular weight is 335 g/mol. The van der Waals surface area contributed by atoms with Gasteiger partial charge < -0.3 is 10.0 Å². The summed E-state index contributed by atoms with van der Waals surface area (Å²) in [7, 11) is 0. The average Bonchev–Trinajstić information content (AvgIpc) is 3.11. The number of amides is 1. The number of hydrogen-bond donors (Lipinski definition) is 1. The maximum atomic E-state index is 12.5. The molecule has 126 valence electrons. The molecule has 0 aliphatic carbocycles. The van der Waals surface area contributed by atoms with Gasteiger partial charge in [-0.1, -0.05) is 38.7 Å². The Morgan fingerprint density at radius 3 is 2.70 bits per heavy atom. The summed E-state index contributed by atoms with van der Waals surface area (Å²) in [5.74, 6) is -0.614. The van der Waals surface area contributed by atoms with E-state index in [0.717, 1.165) is 30.6 Å².